The van der Waals surface area contributed by atoms with Crippen molar-refractivity contribution in [3.05, 3.63) is 93.6 Å². The van der Waals surface area contributed by atoms with Gasteiger partial charge in [0, 0.05) is 16.1 Å². The molecule has 0 aliphatic rings. The van der Waals surface area contributed by atoms with Crippen molar-refractivity contribution in [2.75, 3.05) is 7.11 Å². The van der Waals surface area contributed by atoms with E-state index in [1.165, 1.54) is 19.3 Å². The quantitative estimate of drug-likeness (QED) is 0.205. The van der Waals surface area contributed by atoms with Gasteiger partial charge in [-0.2, -0.15) is 0 Å². The molecule has 10 heteroatoms. The number of ether oxygens (including phenoxy) is 2. The number of benzene rings is 3. The molecule has 4 aromatic rings. The number of carboxylic acids is 1. The Morgan fingerprint density at radius 1 is 1.11 bits per heavy atom. The molecule has 35 heavy (non-hydrogen) atoms. The van der Waals surface area contributed by atoms with Gasteiger partial charge in [-0.3, -0.25) is 0 Å². The number of methoxy groups -OCH3 is 1. The van der Waals surface area contributed by atoms with Crippen molar-refractivity contribution in [3.8, 4) is 23.0 Å². The first-order valence-corrected chi connectivity index (χ1v) is 11.4. The van der Waals surface area contributed by atoms with Gasteiger partial charge in [0.25, 0.3) is 5.22 Å². The Morgan fingerprint density at radius 3 is 2.60 bits per heavy atom. The highest BCUT2D eigenvalue weighted by Crippen LogP contribution is 2.33. The molecule has 0 saturated carbocycles. The van der Waals surface area contributed by atoms with E-state index in [9.17, 15) is 14.3 Å². The highest BCUT2D eigenvalue weighted by molar-refractivity contribution is 8.03. The minimum atomic E-state index is -1.17. The van der Waals surface area contributed by atoms with Crippen LogP contribution in [0.15, 0.2) is 81.3 Å². The van der Waals surface area contributed by atoms with Crippen LogP contribution in [-0.4, -0.2) is 28.4 Å². The molecule has 178 valence electrons. The Labute approximate surface area is 209 Å². The second-order valence-electron chi connectivity index (χ2n) is 7.09. The maximum absolute atomic E-state index is 13.9. The second kappa shape index (κ2) is 11.1. The van der Waals surface area contributed by atoms with Gasteiger partial charge in [0.2, 0.25) is 5.89 Å². The number of carbonyl (C=O) groups is 1. The minimum Gasteiger partial charge on any atom is -0.493 e. The van der Waals surface area contributed by atoms with Crippen LogP contribution in [0.5, 0.6) is 11.5 Å². The van der Waals surface area contributed by atoms with Gasteiger partial charge in [0.1, 0.15) is 17.3 Å². The zero-order valence-electron chi connectivity index (χ0n) is 18.3. The molecule has 0 fully saturated rings. The van der Waals surface area contributed by atoms with Crippen LogP contribution in [0.3, 0.4) is 0 Å². The van der Waals surface area contributed by atoms with Crippen molar-refractivity contribution in [2.45, 2.75) is 11.8 Å². The normalized spacial score (nSPS) is 11.3. The number of rotatable bonds is 9. The van der Waals surface area contributed by atoms with Crippen molar-refractivity contribution in [3.63, 3.8) is 0 Å². The third kappa shape index (κ3) is 6.20. The largest absolute Gasteiger partial charge is 0.493 e. The lowest BCUT2D eigenvalue weighted by molar-refractivity contribution is -0.131. The molecule has 0 amide bonds. The standard InChI is InChI=1S/C25H18ClFN2O5S/c1-32-21-12-15(6-11-20(21)33-14-17-4-2-3-5-19(17)27)13-22(24(30)31)35-25-29-28-23(34-25)16-7-9-18(26)10-8-16/h2-13H,14H2,1H3,(H,30,31)/b22-13-. The first kappa shape index (κ1) is 24.3. The zero-order chi connectivity index (χ0) is 24.8. The van der Waals surface area contributed by atoms with Crippen LogP contribution in [0.1, 0.15) is 11.1 Å². The van der Waals surface area contributed by atoms with E-state index in [0.29, 0.717) is 33.2 Å². The summed E-state index contributed by atoms with van der Waals surface area (Å²) in [6.45, 7) is 0.0154. The topological polar surface area (TPSA) is 94.7 Å². The summed E-state index contributed by atoms with van der Waals surface area (Å²) in [7, 11) is 1.46. The number of aromatic nitrogens is 2. The number of aliphatic carboxylic acids is 1. The van der Waals surface area contributed by atoms with Crippen LogP contribution in [0.4, 0.5) is 4.39 Å². The fourth-order valence-corrected chi connectivity index (χ4v) is 3.80. The van der Waals surface area contributed by atoms with E-state index in [-0.39, 0.29) is 28.4 Å². The Hall–Kier alpha value is -3.82. The lowest BCUT2D eigenvalue weighted by atomic mass is 10.2. The van der Waals surface area contributed by atoms with Gasteiger partial charge in [-0.05, 0) is 65.9 Å². The summed E-state index contributed by atoms with van der Waals surface area (Å²) >= 11 is 6.71. The van der Waals surface area contributed by atoms with E-state index < -0.39 is 5.97 Å². The smallest absolute Gasteiger partial charge is 0.342 e. The van der Waals surface area contributed by atoms with Gasteiger partial charge >= 0.3 is 5.97 Å². The third-order valence-electron chi connectivity index (χ3n) is 4.73. The van der Waals surface area contributed by atoms with Crippen LogP contribution >= 0.6 is 23.4 Å². The summed E-state index contributed by atoms with van der Waals surface area (Å²) in [5.41, 5.74) is 1.60. The average molecular weight is 513 g/mol. The molecule has 1 aromatic heterocycles. The molecular weight excluding hydrogens is 495 g/mol. The van der Waals surface area contributed by atoms with Crippen LogP contribution in [0, 0.1) is 5.82 Å². The molecule has 0 spiro atoms. The fourth-order valence-electron chi connectivity index (χ4n) is 3.00. The van der Waals surface area contributed by atoms with E-state index in [1.807, 2.05) is 0 Å². The van der Waals surface area contributed by atoms with Gasteiger partial charge in [-0.1, -0.05) is 35.9 Å². The number of hydrogen-bond donors (Lipinski definition) is 1. The predicted molar refractivity (Wildman–Crippen MR) is 130 cm³/mol. The molecule has 4 rings (SSSR count). The van der Waals surface area contributed by atoms with Crippen molar-refractivity contribution in [1.29, 1.82) is 0 Å². The van der Waals surface area contributed by atoms with Crippen molar-refractivity contribution < 1.29 is 28.2 Å². The van der Waals surface area contributed by atoms with Crippen LogP contribution in [0.2, 0.25) is 5.02 Å². The summed E-state index contributed by atoms with van der Waals surface area (Å²) in [5.74, 6) is -0.531. The number of hydrogen-bond acceptors (Lipinski definition) is 7. The van der Waals surface area contributed by atoms with Crippen LogP contribution in [0.25, 0.3) is 17.5 Å². The van der Waals surface area contributed by atoms with Crippen LogP contribution in [-0.2, 0) is 11.4 Å². The first-order valence-electron chi connectivity index (χ1n) is 10.2. The maximum atomic E-state index is 13.9. The Balaban J connectivity index is 1.51. The summed E-state index contributed by atoms with van der Waals surface area (Å²) < 4.78 is 30.5. The van der Waals surface area contributed by atoms with Crippen molar-refractivity contribution >= 4 is 35.4 Å². The Kier molecular flexibility index (Phi) is 7.69. The summed E-state index contributed by atoms with van der Waals surface area (Å²) in [5, 5.41) is 18.2. The SMILES string of the molecule is COc1cc(/C=C(\Sc2nnc(-c3ccc(Cl)cc3)o2)C(=O)O)ccc1OCc1ccccc1F. The first-order chi connectivity index (χ1) is 16.9. The molecule has 0 atom stereocenters. The van der Waals surface area contributed by atoms with E-state index in [1.54, 1.807) is 60.7 Å². The number of thioether (sulfide) groups is 1. The highest BCUT2D eigenvalue weighted by Gasteiger charge is 2.17. The van der Waals surface area contributed by atoms with Gasteiger partial charge in [-0.25, -0.2) is 9.18 Å². The molecular formula is C25H18ClFN2O5S. The number of carboxylic acid groups (broad SMARTS) is 1. The lowest BCUT2D eigenvalue weighted by Crippen LogP contribution is -2.00. The highest BCUT2D eigenvalue weighted by atomic mass is 35.5. The number of halogens is 2. The molecule has 0 bridgehead atoms. The predicted octanol–water partition coefficient (Wildman–Crippen LogP) is 6.33. The average Bonchev–Trinajstić information content (AvgIpc) is 3.32. The molecule has 0 saturated heterocycles. The number of nitrogens with zero attached hydrogens (tertiary/aromatic N) is 2. The van der Waals surface area contributed by atoms with Gasteiger partial charge in [0.05, 0.1) is 7.11 Å². The van der Waals surface area contributed by atoms with E-state index in [2.05, 4.69) is 10.2 Å². The van der Waals surface area contributed by atoms with Gasteiger partial charge in [0.15, 0.2) is 11.5 Å². The fraction of sp³-hybridized carbons (Fsp3) is 0.0800. The Bertz CT molecular complexity index is 1370. The Morgan fingerprint density at radius 2 is 1.89 bits per heavy atom. The molecule has 7 nitrogen and oxygen atoms in total. The van der Waals surface area contributed by atoms with E-state index in [0.717, 1.165) is 11.8 Å². The molecule has 1 N–H and O–H groups in total. The zero-order valence-corrected chi connectivity index (χ0v) is 19.8. The summed E-state index contributed by atoms with van der Waals surface area (Å²) in [6, 6.07) is 18.0. The minimum absolute atomic E-state index is 0.0154. The maximum Gasteiger partial charge on any atom is 0.342 e. The van der Waals surface area contributed by atoms with Crippen molar-refractivity contribution in [1.82, 2.24) is 10.2 Å². The molecule has 3 aromatic carbocycles. The van der Waals surface area contributed by atoms with Crippen LogP contribution < -0.4 is 9.47 Å². The second-order valence-corrected chi connectivity index (χ2v) is 8.52. The van der Waals surface area contributed by atoms with Crippen molar-refractivity contribution in [2.24, 2.45) is 0 Å². The molecule has 1 heterocycles. The molecule has 0 radical (unpaired) electrons. The molecule has 0 aliphatic heterocycles. The summed E-state index contributed by atoms with van der Waals surface area (Å²) in [4.78, 5) is 11.8. The third-order valence-corrected chi connectivity index (χ3v) is 5.84. The lowest BCUT2D eigenvalue weighted by Gasteiger charge is -2.12. The van der Waals surface area contributed by atoms with Gasteiger partial charge < -0.3 is 19.0 Å². The van der Waals surface area contributed by atoms with E-state index in [4.69, 9.17) is 25.5 Å². The summed E-state index contributed by atoms with van der Waals surface area (Å²) in [6.07, 6.45) is 1.45. The molecule has 0 unspecified atom stereocenters. The monoisotopic (exact) mass is 512 g/mol. The van der Waals surface area contributed by atoms with Gasteiger partial charge in [-0.15, -0.1) is 10.2 Å². The van der Waals surface area contributed by atoms with E-state index >= 15 is 0 Å². The molecule has 0 aliphatic carbocycles.